The van der Waals surface area contributed by atoms with Gasteiger partial charge in [0, 0.05) is 44.4 Å². The normalized spacial score (nSPS) is 17.8. The Bertz CT molecular complexity index is 640. The van der Waals surface area contributed by atoms with E-state index in [4.69, 9.17) is 0 Å². The molecule has 1 amide bonds. The number of rotatable bonds is 8. The van der Waals surface area contributed by atoms with Crippen LogP contribution in [-0.2, 0) is 11.3 Å². The van der Waals surface area contributed by atoms with E-state index in [0.29, 0.717) is 12.5 Å². The van der Waals surface area contributed by atoms with Crippen molar-refractivity contribution in [2.24, 2.45) is 5.92 Å². The number of allylic oxidation sites excluding steroid dienone is 1. The van der Waals surface area contributed by atoms with E-state index in [0.717, 1.165) is 56.7 Å². The molecule has 1 heterocycles. The van der Waals surface area contributed by atoms with Crippen LogP contribution in [0.25, 0.3) is 0 Å². The number of benzene rings is 1. The molecule has 1 aliphatic rings. The van der Waals surface area contributed by atoms with Gasteiger partial charge >= 0.3 is 0 Å². The standard InChI is InChI=1S/C22H34FN3O/c1-18(2)14-22(27)26(13-12-24(3)4)16-19-8-7-11-25(15-19)17-20-9-5-6-10-21(20)23/h5-6,9-10,14,19H,7-8,11-13,15-17H2,1-4H3/t19-/m0/s1. The summed E-state index contributed by atoms with van der Waals surface area (Å²) in [4.78, 5) is 19.0. The highest BCUT2D eigenvalue weighted by Gasteiger charge is 2.24. The smallest absolute Gasteiger partial charge is 0.246 e. The summed E-state index contributed by atoms with van der Waals surface area (Å²) in [6.07, 6.45) is 3.95. The first-order valence-electron chi connectivity index (χ1n) is 9.89. The molecular weight excluding hydrogens is 341 g/mol. The van der Waals surface area contributed by atoms with E-state index in [-0.39, 0.29) is 11.7 Å². The summed E-state index contributed by atoms with van der Waals surface area (Å²) in [5, 5.41) is 0. The molecule has 0 radical (unpaired) electrons. The summed E-state index contributed by atoms with van der Waals surface area (Å²) in [6, 6.07) is 7.01. The molecule has 150 valence electrons. The van der Waals surface area contributed by atoms with E-state index in [2.05, 4.69) is 9.80 Å². The van der Waals surface area contributed by atoms with Gasteiger partial charge in [0.25, 0.3) is 0 Å². The molecule has 0 aliphatic carbocycles. The van der Waals surface area contributed by atoms with Gasteiger partial charge in [0.1, 0.15) is 5.82 Å². The summed E-state index contributed by atoms with van der Waals surface area (Å²) in [6.45, 7) is 8.82. The van der Waals surface area contributed by atoms with Gasteiger partial charge in [-0.15, -0.1) is 0 Å². The number of likely N-dealkylation sites (N-methyl/N-ethyl adjacent to an activating group) is 1. The molecule has 1 aromatic rings. The first-order chi connectivity index (χ1) is 12.8. The molecule has 0 bridgehead atoms. The Hall–Kier alpha value is -1.72. The average molecular weight is 376 g/mol. The zero-order chi connectivity index (χ0) is 19.8. The van der Waals surface area contributed by atoms with Crippen LogP contribution in [-0.4, -0.2) is 67.4 Å². The van der Waals surface area contributed by atoms with Gasteiger partial charge in [-0.05, 0) is 59.3 Å². The number of nitrogens with zero attached hydrogens (tertiary/aromatic N) is 3. The lowest BCUT2D eigenvalue weighted by Gasteiger charge is -2.36. The molecule has 1 fully saturated rings. The number of hydrogen-bond donors (Lipinski definition) is 0. The molecule has 0 saturated carbocycles. The lowest BCUT2D eigenvalue weighted by atomic mass is 9.96. The molecule has 0 unspecified atom stereocenters. The number of hydrogen-bond acceptors (Lipinski definition) is 3. The maximum Gasteiger partial charge on any atom is 0.246 e. The van der Waals surface area contributed by atoms with Crippen molar-refractivity contribution in [1.82, 2.24) is 14.7 Å². The van der Waals surface area contributed by atoms with Gasteiger partial charge in [-0.1, -0.05) is 23.8 Å². The molecule has 4 nitrogen and oxygen atoms in total. The maximum absolute atomic E-state index is 14.0. The molecule has 0 aromatic heterocycles. The molecule has 1 aromatic carbocycles. The predicted molar refractivity (Wildman–Crippen MR) is 109 cm³/mol. The summed E-state index contributed by atoms with van der Waals surface area (Å²) in [5.41, 5.74) is 1.78. The van der Waals surface area contributed by atoms with Gasteiger partial charge in [-0.3, -0.25) is 9.69 Å². The summed E-state index contributed by atoms with van der Waals surface area (Å²) in [7, 11) is 4.06. The van der Waals surface area contributed by atoms with Crippen LogP contribution in [0.1, 0.15) is 32.3 Å². The number of halogens is 1. The quantitative estimate of drug-likeness (QED) is 0.652. The third kappa shape index (κ3) is 7.43. The molecule has 0 spiro atoms. The highest BCUT2D eigenvalue weighted by molar-refractivity contribution is 5.88. The molecular formula is C22H34FN3O. The van der Waals surface area contributed by atoms with Gasteiger partial charge < -0.3 is 9.80 Å². The van der Waals surface area contributed by atoms with Crippen LogP contribution in [0.4, 0.5) is 4.39 Å². The second-order valence-electron chi connectivity index (χ2n) is 8.14. The van der Waals surface area contributed by atoms with Crippen LogP contribution >= 0.6 is 0 Å². The van der Waals surface area contributed by atoms with Crippen molar-refractivity contribution in [2.45, 2.75) is 33.2 Å². The van der Waals surface area contributed by atoms with Crippen LogP contribution in [0.3, 0.4) is 0 Å². The van der Waals surface area contributed by atoms with Gasteiger partial charge in [0.2, 0.25) is 5.91 Å². The van der Waals surface area contributed by atoms with Gasteiger partial charge in [0.05, 0.1) is 0 Å². The van der Waals surface area contributed by atoms with E-state index >= 15 is 0 Å². The van der Waals surface area contributed by atoms with E-state index in [9.17, 15) is 9.18 Å². The van der Waals surface area contributed by atoms with Crippen molar-refractivity contribution in [3.8, 4) is 0 Å². The van der Waals surface area contributed by atoms with Crippen LogP contribution in [0.5, 0.6) is 0 Å². The Kier molecular flexibility index (Phi) is 8.45. The van der Waals surface area contributed by atoms with Gasteiger partial charge in [-0.25, -0.2) is 4.39 Å². The lowest BCUT2D eigenvalue weighted by Crippen LogP contribution is -2.44. The van der Waals surface area contributed by atoms with E-state index in [1.807, 2.05) is 45.0 Å². The fourth-order valence-corrected chi connectivity index (χ4v) is 3.57. The minimum Gasteiger partial charge on any atom is -0.338 e. The summed E-state index contributed by atoms with van der Waals surface area (Å²) >= 11 is 0. The number of likely N-dealkylation sites (tertiary alicyclic amines) is 1. The number of carbonyl (C=O) groups excluding carboxylic acids is 1. The Balaban J connectivity index is 1.98. The molecule has 1 atom stereocenters. The van der Waals surface area contributed by atoms with Crippen molar-refractivity contribution in [1.29, 1.82) is 0 Å². The third-order valence-electron chi connectivity index (χ3n) is 4.97. The molecule has 27 heavy (non-hydrogen) atoms. The largest absolute Gasteiger partial charge is 0.338 e. The molecule has 0 N–H and O–H groups in total. The lowest BCUT2D eigenvalue weighted by molar-refractivity contribution is -0.127. The second kappa shape index (κ2) is 10.6. The van der Waals surface area contributed by atoms with Crippen molar-refractivity contribution >= 4 is 5.91 Å². The van der Waals surface area contributed by atoms with Crippen LogP contribution < -0.4 is 0 Å². The SMILES string of the molecule is CC(C)=CC(=O)N(CCN(C)C)C[C@H]1CCCN(Cc2ccccc2F)C1. The fraction of sp³-hybridized carbons (Fsp3) is 0.591. The molecule has 5 heteroatoms. The van der Waals surface area contributed by atoms with Crippen molar-refractivity contribution in [2.75, 3.05) is 46.8 Å². The van der Waals surface area contributed by atoms with Crippen molar-refractivity contribution in [3.05, 3.63) is 47.3 Å². The zero-order valence-corrected chi connectivity index (χ0v) is 17.2. The maximum atomic E-state index is 14.0. The van der Waals surface area contributed by atoms with Gasteiger partial charge in [0.15, 0.2) is 0 Å². The van der Waals surface area contributed by atoms with Crippen molar-refractivity contribution < 1.29 is 9.18 Å². The Morgan fingerprint density at radius 2 is 2.00 bits per heavy atom. The molecule has 2 rings (SSSR count). The predicted octanol–water partition coefficient (Wildman–Crippen LogP) is 3.39. The number of amides is 1. The van der Waals surface area contributed by atoms with Crippen molar-refractivity contribution in [3.63, 3.8) is 0 Å². The zero-order valence-electron chi connectivity index (χ0n) is 17.2. The van der Waals surface area contributed by atoms with E-state index in [1.54, 1.807) is 12.1 Å². The van der Waals surface area contributed by atoms with E-state index < -0.39 is 0 Å². The first-order valence-corrected chi connectivity index (χ1v) is 9.89. The first kappa shape index (κ1) is 21.6. The highest BCUT2D eigenvalue weighted by Crippen LogP contribution is 2.21. The Morgan fingerprint density at radius 3 is 2.67 bits per heavy atom. The van der Waals surface area contributed by atoms with Gasteiger partial charge in [-0.2, -0.15) is 0 Å². The average Bonchev–Trinajstić information content (AvgIpc) is 2.60. The summed E-state index contributed by atoms with van der Waals surface area (Å²) in [5.74, 6) is 0.399. The minimum absolute atomic E-state index is 0.100. The van der Waals surface area contributed by atoms with Crippen LogP contribution in [0, 0.1) is 11.7 Å². The second-order valence-corrected chi connectivity index (χ2v) is 8.14. The third-order valence-corrected chi connectivity index (χ3v) is 4.97. The number of carbonyl (C=O) groups is 1. The Morgan fingerprint density at radius 1 is 1.26 bits per heavy atom. The number of piperidine rings is 1. The summed E-state index contributed by atoms with van der Waals surface area (Å²) < 4.78 is 14.0. The minimum atomic E-state index is -0.133. The monoisotopic (exact) mass is 375 g/mol. The Labute approximate surface area is 163 Å². The topological polar surface area (TPSA) is 26.8 Å². The molecule has 1 saturated heterocycles. The van der Waals surface area contributed by atoms with Crippen LogP contribution in [0.15, 0.2) is 35.9 Å². The van der Waals surface area contributed by atoms with E-state index in [1.165, 1.54) is 6.07 Å². The van der Waals surface area contributed by atoms with Crippen LogP contribution in [0.2, 0.25) is 0 Å². The molecule has 1 aliphatic heterocycles. The fourth-order valence-electron chi connectivity index (χ4n) is 3.57. The highest BCUT2D eigenvalue weighted by atomic mass is 19.1.